The molecule has 1 atom stereocenters. The van der Waals surface area contributed by atoms with Crippen LogP contribution in [0.2, 0.25) is 0 Å². The van der Waals surface area contributed by atoms with E-state index in [0.29, 0.717) is 19.4 Å². The number of nitrogens with one attached hydrogen (secondary N) is 1. The number of anilines is 1. The standard InChI is InChI=1S/C20H23N3O7S/c1-22(2)31(27,28)15-7-3-6-14(12-15)21-18(24)13-30-20(26)16-8-4-10-23(16)19(25)17-9-5-11-29-17/h3,5-7,9,11-12,16H,4,8,10,13H2,1-2H3,(H,21,24). The molecule has 1 saturated heterocycles. The first kappa shape index (κ1) is 22.5. The van der Waals surface area contributed by atoms with Crippen LogP contribution in [0, 0.1) is 0 Å². The summed E-state index contributed by atoms with van der Waals surface area (Å²) in [7, 11) is -0.842. The van der Waals surface area contributed by atoms with Crippen LogP contribution < -0.4 is 5.32 Å². The zero-order chi connectivity index (χ0) is 22.6. The van der Waals surface area contributed by atoms with E-state index in [1.807, 2.05) is 0 Å². The van der Waals surface area contributed by atoms with Gasteiger partial charge in [0.25, 0.3) is 11.8 Å². The van der Waals surface area contributed by atoms with E-state index in [2.05, 4.69) is 5.32 Å². The molecule has 2 aromatic rings. The van der Waals surface area contributed by atoms with Crippen LogP contribution in [0.25, 0.3) is 0 Å². The van der Waals surface area contributed by atoms with E-state index in [9.17, 15) is 22.8 Å². The second-order valence-electron chi connectivity index (χ2n) is 7.11. The van der Waals surface area contributed by atoms with Gasteiger partial charge in [-0.15, -0.1) is 0 Å². The average molecular weight is 449 g/mol. The van der Waals surface area contributed by atoms with Gasteiger partial charge in [0, 0.05) is 26.3 Å². The fourth-order valence-corrected chi connectivity index (χ4v) is 4.12. The van der Waals surface area contributed by atoms with Crippen LogP contribution >= 0.6 is 0 Å². The van der Waals surface area contributed by atoms with Crippen LogP contribution in [0.15, 0.2) is 52.0 Å². The molecule has 3 rings (SSSR count). The van der Waals surface area contributed by atoms with Gasteiger partial charge in [-0.05, 0) is 43.2 Å². The SMILES string of the molecule is CN(C)S(=O)(=O)c1cccc(NC(=O)COC(=O)C2CCCN2C(=O)c2ccco2)c1. The van der Waals surface area contributed by atoms with Crippen LogP contribution in [-0.4, -0.2) is 68.7 Å². The number of carbonyl (C=O) groups is 3. The van der Waals surface area contributed by atoms with Crippen LogP contribution in [-0.2, 0) is 24.3 Å². The fraction of sp³-hybridized carbons (Fsp3) is 0.350. The van der Waals surface area contributed by atoms with Gasteiger partial charge in [0.15, 0.2) is 12.4 Å². The number of rotatable bonds is 7. The van der Waals surface area contributed by atoms with Gasteiger partial charge in [0.1, 0.15) is 6.04 Å². The molecule has 0 bridgehead atoms. The highest BCUT2D eigenvalue weighted by atomic mass is 32.2. The molecule has 0 saturated carbocycles. The minimum absolute atomic E-state index is 0.0188. The van der Waals surface area contributed by atoms with Gasteiger partial charge >= 0.3 is 5.97 Å². The Morgan fingerprint density at radius 3 is 2.68 bits per heavy atom. The monoisotopic (exact) mass is 449 g/mol. The van der Waals surface area contributed by atoms with Gasteiger partial charge in [0.2, 0.25) is 10.0 Å². The van der Waals surface area contributed by atoms with E-state index >= 15 is 0 Å². The smallest absolute Gasteiger partial charge is 0.329 e. The first-order valence-corrected chi connectivity index (χ1v) is 11.0. The van der Waals surface area contributed by atoms with Crippen LogP contribution in [0.4, 0.5) is 5.69 Å². The Labute approximate surface area is 179 Å². The molecule has 0 radical (unpaired) electrons. The number of ether oxygens (including phenoxy) is 1. The third-order valence-corrected chi connectivity index (χ3v) is 6.57. The fourth-order valence-electron chi connectivity index (χ4n) is 3.17. The number of benzene rings is 1. The summed E-state index contributed by atoms with van der Waals surface area (Å²) in [5.74, 6) is -1.59. The average Bonchev–Trinajstić information content (AvgIpc) is 3.43. The van der Waals surface area contributed by atoms with Crippen LogP contribution in [0.1, 0.15) is 23.4 Å². The summed E-state index contributed by atoms with van der Waals surface area (Å²) in [4.78, 5) is 38.5. The number of hydrogen-bond acceptors (Lipinski definition) is 7. The number of sulfonamides is 1. The van der Waals surface area contributed by atoms with Gasteiger partial charge < -0.3 is 19.4 Å². The number of amides is 2. The third-order valence-electron chi connectivity index (χ3n) is 4.76. The molecule has 1 aliphatic heterocycles. The van der Waals surface area contributed by atoms with Crippen LogP contribution in [0.5, 0.6) is 0 Å². The Balaban J connectivity index is 1.57. The zero-order valence-electron chi connectivity index (χ0n) is 17.1. The maximum atomic E-state index is 12.5. The molecule has 1 aromatic heterocycles. The lowest BCUT2D eigenvalue weighted by Crippen LogP contribution is -2.42. The first-order valence-electron chi connectivity index (χ1n) is 9.53. The highest BCUT2D eigenvalue weighted by Crippen LogP contribution is 2.22. The van der Waals surface area contributed by atoms with Gasteiger partial charge in [-0.2, -0.15) is 0 Å². The molecule has 0 spiro atoms. The van der Waals surface area contributed by atoms with E-state index in [1.165, 1.54) is 55.6 Å². The van der Waals surface area contributed by atoms with Crippen molar-refractivity contribution in [3.05, 3.63) is 48.4 Å². The van der Waals surface area contributed by atoms with Crippen LogP contribution in [0.3, 0.4) is 0 Å². The lowest BCUT2D eigenvalue weighted by atomic mass is 10.2. The molecular weight excluding hydrogens is 426 g/mol. The van der Waals surface area contributed by atoms with Crippen molar-refractivity contribution in [1.82, 2.24) is 9.21 Å². The van der Waals surface area contributed by atoms with E-state index in [-0.39, 0.29) is 16.3 Å². The highest BCUT2D eigenvalue weighted by molar-refractivity contribution is 7.89. The molecule has 2 amide bonds. The summed E-state index contributed by atoms with van der Waals surface area (Å²) < 4.78 is 35.7. The lowest BCUT2D eigenvalue weighted by molar-refractivity contribution is -0.151. The largest absolute Gasteiger partial charge is 0.459 e. The van der Waals surface area contributed by atoms with Crippen molar-refractivity contribution in [2.45, 2.75) is 23.8 Å². The molecule has 1 unspecified atom stereocenters. The maximum Gasteiger partial charge on any atom is 0.329 e. The van der Waals surface area contributed by atoms with Gasteiger partial charge in [-0.1, -0.05) is 6.07 Å². The second-order valence-corrected chi connectivity index (χ2v) is 9.26. The Hall–Kier alpha value is -3.18. The maximum absolute atomic E-state index is 12.5. The summed E-state index contributed by atoms with van der Waals surface area (Å²) >= 11 is 0. The Bertz CT molecular complexity index is 1060. The number of carbonyl (C=O) groups excluding carboxylic acids is 3. The van der Waals surface area contributed by atoms with E-state index in [4.69, 9.17) is 9.15 Å². The van der Waals surface area contributed by atoms with Crippen molar-refractivity contribution in [2.24, 2.45) is 0 Å². The van der Waals surface area contributed by atoms with Gasteiger partial charge in [0.05, 0.1) is 11.2 Å². The Kier molecular flexibility index (Phi) is 6.76. The Morgan fingerprint density at radius 1 is 1.23 bits per heavy atom. The molecule has 166 valence electrons. The molecule has 1 fully saturated rings. The third kappa shape index (κ3) is 5.12. The number of hydrogen-bond donors (Lipinski definition) is 1. The predicted molar refractivity (Wildman–Crippen MR) is 110 cm³/mol. The topological polar surface area (TPSA) is 126 Å². The molecule has 1 aromatic carbocycles. The number of furan rings is 1. The second kappa shape index (κ2) is 9.31. The minimum atomic E-state index is -3.65. The summed E-state index contributed by atoms with van der Waals surface area (Å²) in [5, 5.41) is 2.50. The number of esters is 1. The van der Waals surface area contributed by atoms with Crippen molar-refractivity contribution >= 4 is 33.5 Å². The van der Waals surface area contributed by atoms with Crippen molar-refractivity contribution in [3.8, 4) is 0 Å². The predicted octanol–water partition coefficient (Wildman–Crippen LogP) is 1.32. The molecule has 2 heterocycles. The molecule has 31 heavy (non-hydrogen) atoms. The molecule has 0 aliphatic carbocycles. The summed E-state index contributed by atoms with van der Waals surface area (Å²) in [6, 6.07) is 8.05. The van der Waals surface area contributed by atoms with Crippen molar-refractivity contribution in [2.75, 3.05) is 32.6 Å². The quantitative estimate of drug-likeness (QED) is 0.632. The van der Waals surface area contributed by atoms with Crippen molar-refractivity contribution in [3.63, 3.8) is 0 Å². The summed E-state index contributed by atoms with van der Waals surface area (Å²) in [5.41, 5.74) is 0.250. The molecule has 11 heteroatoms. The highest BCUT2D eigenvalue weighted by Gasteiger charge is 2.36. The van der Waals surface area contributed by atoms with Crippen molar-refractivity contribution < 1.29 is 32.0 Å². The molecule has 1 aliphatic rings. The Morgan fingerprint density at radius 2 is 2.00 bits per heavy atom. The zero-order valence-corrected chi connectivity index (χ0v) is 17.9. The number of nitrogens with zero attached hydrogens (tertiary/aromatic N) is 2. The molecule has 10 nitrogen and oxygen atoms in total. The van der Waals surface area contributed by atoms with Crippen molar-refractivity contribution in [1.29, 1.82) is 0 Å². The van der Waals surface area contributed by atoms with E-state index in [0.717, 1.165) is 4.31 Å². The lowest BCUT2D eigenvalue weighted by Gasteiger charge is -2.22. The normalized spacial score (nSPS) is 16.4. The van der Waals surface area contributed by atoms with E-state index < -0.39 is 40.5 Å². The van der Waals surface area contributed by atoms with E-state index in [1.54, 1.807) is 6.07 Å². The minimum Gasteiger partial charge on any atom is -0.459 e. The molecule has 1 N–H and O–H groups in total. The molecular formula is C20H23N3O7S. The summed E-state index contributed by atoms with van der Waals surface area (Å²) in [6.07, 6.45) is 2.43. The first-order chi connectivity index (χ1) is 14.7. The summed E-state index contributed by atoms with van der Waals surface area (Å²) in [6.45, 7) is -0.179. The number of likely N-dealkylation sites (tertiary alicyclic amines) is 1. The van der Waals surface area contributed by atoms with Gasteiger partial charge in [-0.3, -0.25) is 9.59 Å². The van der Waals surface area contributed by atoms with Gasteiger partial charge in [-0.25, -0.2) is 17.5 Å².